The predicted molar refractivity (Wildman–Crippen MR) is 86.3 cm³/mol. The van der Waals surface area contributed by atoms with Gasteiger partial charge in [0.2, 0.25) is 5.91 Å². The Labute approximate surface area is 126 Å². The summed E-state index contributed by atoms with van der Waals surface area (Å²) < 4.78 is 0. The number of benzene rings is 1. The zero-order valence-corrected chi connectivity index (χ0v) is 13.0. The van der Waals surface area contributed by atoms with E-state index in [0.717, 1.165) is 12.8 Å². The zero-order chi connectivity index (χ0) is 15.8. The van der Waals surface area contributed by atoms with Crippen LogP contribution in [0.3, 0.4) is 0 Å². The average Bonchev–Trinajstić information content (AvgIpc) is 2.47. The molecule has 2 unspecified atom stereocenters. The molecule has 1 aromatic rings. The number of nitrogens with one attached hydrogen (secondary N) is 2. The highest BCUT2D eigenvalue weighted by Gasteiger charge is 2.15. The summed E-state index contributed by atoms with van der Waals surface area (Å²) in [6.07, 6.45) is 3.20. The van der Waals surface area contributed by atoms with E-state index < -0.39 is 0 Å². The first-order chi connectivity index (χ1) is 9.97. The van der Waals surface area contributed by atoms with E-state index in [2.05, 4.69) is 31.1 Å². The SMILES string of the molecule is C=CC(=O)Nc1ccccc1C(=O)NC(C)CC(C)CC. The maximum Gasteiger partial charge on any atom is 0.253 e. The Morgan fingerprint density at radius 3 is 2.57 bits per heavy atom. The molecule has 4 nitrogen and oxygen atoms in total. The fourth-order valence-electron chi connectivity index (χ4n) is 2.10. The molecule has 4 heteroatoms. The summed E-state index contributed by atoms with van der Waals surface area (Å²) in [6.45, 7) is 9.71. The van der Waals surface area contributed by atoms with Crippen molar-refractivity contribution in [3.05, 3.63) is 42.5 Å². The second kappa shape index (κ2) is 8.25. The molecule has 0 fully saturated rings. The van der Waals surface area contributed by atoms with Gasteiger partial charge in [0.05, 0.1) is 11.3 Å². The van der Waals surface area contributed by atoms with Crippen molar-refractivity contribution < 1.29 is 9.59 Å². The smallest absolute Gasteiger partial charge is 0.253 e. The molecule has 0 saturated heterocycles. The van der Waals surface area contributed by atoms with E-state index in [-0.39, 0.29) is 17.9 Å². The highest BCUT2D eigenvalue weighted by atomic mass is 16.2. The van der Waals surface area contributed by atoms with Gasteiger partial charge in [0.15, 0.2) is 0 Å². The minimum atomic E-state index is -0.331. The topological polar surface area (TPSA) is 58.2 Å². The maximum atomic E-state index is 12.3. The first-order valence-corrected chi connectivity index (χ1v) is 7.31. The highest BCUT2D eigenvalue weighted by Crippen LogP contribution is 2.16. The monoisotopic (exact) mass is 288 g/mol. The lowest BCUT2D eigenvalue weighted by atomic mass is 10.00. The van der Waals surface area contributed by atoms with Crippen LogP contribution in [0.2, 0.25) is 0 Å². The van der Waals surface area contributed by atoms with Crippen LogP contribution in [0.4, 0.5) is 5.69 Å². The van der Waals surface area contributed by atoms with Crippen LogP contribution >= 0.6 is 0 Å². The standard InChI is InChI=1S/C17H24N2O2/c1-5-12(3)11-13(4)18-17(21)14-9-7-8-10-15(14)19-16(20)6-2/h6-10,12-13H,2,5,11H2,1,3-4H3,(H,18,21)(H,19,20). The van der Waals surface area contributed by atoms with Gasteiger partial charge >= 0.3 is 0 Å². The molecule has 2 amide bonds. The lowest BCUT2D eigenvalue weighted by Crippen LogP contribution is -2.34. The van der Waals surface area contributed by atoms with Gasteiger partial charge in [-0.05, 0) is 37.5 Å². The van der Waals surface area contributed by atoms with Crippen LogP contribution in [0.5, 0.6) is 0 Å². The number of para-hydroxylation sites is 1. The molecule has 2 atom stereocenters. The minimum Gasteiger partial charge on any atom is -0.350 e. The van der Waals surface area contributed by atoms with Crippen molar-refractivity contribution in [3.8, 4) is 0 Å². The summed E-state index contributed by atoms with van der Waals surface area (Å²) in [5.74, 6) is 0.0599. The third-order valence-electron chi connectivity index (χ3n) is 3.45. The van der Waals surface area contributed by atoms with Crippen molar-refractivity contribution >= 4 is 17.5 Å². The number of hydrogen-bond acceptors (Lipinski definition) is 2. The van der Waals surface area contributed by atoms with E-state index in [9.17, 15) is 9.59 Å². The largest absolute Gasteiger partial charge is 0.350 e. The van der Waals surface area contributed by atoms with E-state index in [1.54, 1.807) is 24.3 Å². The van der Waals surface area contributed by atoms with Crippen molar-refractivity contribution in [3.63, 3.8) is 0 Å². The molecule has 1 aromatic carbocycles. The number of anilines is 1. The minimum absolute atomic E-state index is 0.0932. The normalized spacial score (nSPS) is 13.1. The summed E-state index contributed by atoms with van der Waals surface area (Å²) in [6, 6.07) is 7.05. The molecule has 0 spiro atoms. The third kappa shape index (κ3) is 5.42. The van der Waals surface area contributed by atoms with Gasteiger partial charge in [-0.3, -0.25) is 9.59 Å². The number of amides is 2. The Morgan fingerprint density at radius 1 is 1.29 bits per heavy atom. The Morgan fingerprint density at radius 2 is 1.95 bits per heavy atom. The molecule has 0 aliphatic carbocycles. The Bertz CT molecular complexity index is 511. The Kier molecular flexibility index (Phi) is 6.66. The second-order valence-corrected chi connectivity index (χ2v) is 5.36. The highest BCUT2D eigenvalue weighted by molar-refractivity contribution is 6.06. The van der Waals surface area contributed by atoms with Gasteiger partial charge in [-0.15, -0.1) is 0 Å². The summed E-state index contributed by atoms with van der Waals surface area (Å²) in [5.41, 5.74) is 0.958. The van der Waals surface area contributed by atoms with Crippen LogP contribution in [0.1, 0.15) is 44.0 Å². The van der Waals surface area contributed by atoms with Gasteiger partial charge in [-0.1, -0.05) is 39.0 Å². The maximum absolute atomic E-state index is 12.3. The Balaban J connectivity index is 2.78. The molecule has 21 heavy (non-hydrogen) atoms. The molecule has 0 bridgehead atoms. The Hall–Kier alpha value is -2.10. The van der Waals surface area contributed by atoms with Crippen LogP contribution in [-0.2, 0) is 4.79 Å². The molecule has 0 saturated carbocycles. The predicted octanol–water partition coefficient (Wildman–Crippen LogP) is 3.37. The van der Waals surface area contributed by atoms with Crippen LogP contribution in [0.25, 0.3) is 0 Å². The fraction of sp³-hybridized carbons (Fsp3) is 0.412. The van der Waals surface area contributed by atoms with Crippen LogP contribution in [-0.4, -0.2) is 17.9 Å². The fourth-order valence-corrected chi connectivity index (χ4v) is 2.10. The lowest BCUT2D eigenvalue weighted by molar-refractivity contribution is -0.111. The summed E-state index contributed by atoms with van der Waals surface area (Å²) in [5, 5.41) is 5.63. The molecular formula is C17H24N2O2. The summed E-state index contributed by atoms with van der Waals surface area (Å²) in [7, 11) is 0. The van der Waals surface area contributed by atoms with Crippen LogP contribution in [0.15, 0.2) is 36.9 Å². The van der Waals surface area contributed by atoms with Gasteiger partial charge in [-0.2, -0.15) is 0 Å². The van der Waals surface area contributed by atoms with E-state index in [4.69, 9.17) is 0 Å². The van der Waals surface area contributed by atoms with Crippen LogP contribution < -0.4 is 10.6 Å². The second-order valence-electron chi connectivity index (χ2n) is 5.36. The first kappa shape index (κ1) is 17.0. The molecule has 0 aromatic heterocycles. The molecule has 0 heterocycles. The third-order valence-corrected chi connectivity index (χ3v) is 3.45. The molecule has 1 rings (SSSR count). The molecule has 114 valence electrons. The molecule has 0 aliphatic heterocycles. The lowest BCUT2D eigenvalue weighted by Gasteiger charge is -2.18. The van der Waals surface area contributed by atoms with E-state index in [0.29, 0.717) is 17.2 Å². The van der Waals surface area contributed by atoms with Crippen molar-refractivity contribution in [1.82, 2.24) is 5.32 Å². The zero-order valence-electron chi connectivity index (χ0n) is 13.0. The number of rotatable bonds is 7. The van der Waals surface area contributed by atoms with Gasteiger partial charge in [-0.25, -0.2) is 0 Å². The average molecular weight is 288 g/mol. The van der Waals surface area contributed by atoms with Crippen molar-refractivity contribution in [1.29, 1.82) is 0 Å². The van der Waals surface area contributed by atoms with Crippen molar-refractivity contribution in [2.75, 3.05) is 5.32 Å². The van der Waals surface area contributed by atoms with E-state index in [1.807, 2.05) is 6.92 Å². The quantitative estimate of drug-likeness (QED) is 0.756. The number of carbonyl (C=O) groups is 2. The van der Waals surface area contributed by atoms with Gasteiger partial charge in [0.1, 0.15) is 0 Å². The van der Waals surface area contributed by atoms with Gasteiger partial charge < -0.3 is 10.6 Å². The van der Waals surface area contributed by atoms with E-state index >= 15 is 0 Å². The first-order valence-electron chi connectivity index (χ1n) is 7.31. The van der Waals surface area contributed by atoms with Crippen molar-refractivity contribution in [2.45, 2.75) is 39.7 Å². The summed E-state index contributed by atoms with van der Waals surface area (Å²) in [4.78, 5) is 23.7. The van der Waals surface area contributed by atoms with Crippen LogP contribution in [0, 0.1) is 5.92 Å². The molecule has 0 radical (unpaired) electrons. The van der Waals surface area contributed by atoms with E-state index in [1.165, 1.54) is 6.08 Å². The molecular weight excluding hydrogens is 264 g/mol. The van der Waals surface area contributed by atoms with Gasteiger partial charge in [0, 0.05) is 6.04 Å². The number of hydrogen-bond donors (Lipinski definition) is 2. The van der Waals surface area contributed by atoms with Gasteiger partial charge in [0.25, 0.3) is 5.91 Å². The molecule has 2 N–H and O–H groups in total. The summed E-state index contributed by atoms with van der Waals surface area (Å²) >= 11 is 0. The number of carbonyl (C=O) groups excluding carboxylic acids is 2. The molecule has 0 aliphatic rings. The van der Waals surface area contributed by atoms with Crippen molar-refractivity contribution in [2.24, 2.45) is 5.92 Å².